The molecule has 0 saturated heterocycles. The third-order valence-electron chi connectivity index (χ3n) is 3.02. The lowest BCUT2D eigenvalue weighted by molar-refractivity contribution is -0.214. The van der Waals surface area contributed by atoms with Crippen LogP contribution in [0.15, 0.2) is 0 Å². The van der Waals surface area contributed by atoms with E-state index in [2.05, 4.69) is 0 Å². The molecule has 0 amide bonds. The van der Waals surface area contributed by atoms with Gasteiger partial charge in [-0.15, -0.1) is 0 Å². The predicted octanol–water partition coefficient (Wildman–Crippen LogP) is 4.65. The highest BCUT2D eigenvalue weighted by Crippen LogP contribution is 2.47. The van der Waals surface area contributed by atoms with Crippen molar-refractivity contribution >= 4 is 0 Å². The molecule has 5 heteroatoms. The normalized spacial score (nSPS) is 30.8. The topological polar surface area (TPSA) is 0 Å². The van der Waals surface area contributed by atoms with Gasteiger partial charge in [-0.3, -0.25) is 0 Å². The Bertz CT molecular complexity index is 231. The first-order valence-electron chi connectivity index (χ1n) is 5.54. The van der Waals surface area contributed by atoms with E-state index in [1.54, 1.807) is 0 Å². The van der Waals surface area contributed by atoms with Crippen molar-refractivity contribution in [1.82, 2.24) is 0 Å². The van der Waals surface area contributed by atoms with Crippen LogP contribution in [0, 0.1) is 17.8 Å². The second kappa shape index (κ2) is 4.49. The highest BCUT2D eigenvalue weighted by molar-refractivity contribution is 4.87. The van der Waals surface area contributed by atoms with Crippen LogP contribution >= 0.6 is 0 Å². The summed E-state index contributed by atoms with van der Waals surface area (Å²) < 4.78 is 63.8. The van der Waals surface area contributed by atoms with Crippen LogP contribution in [-0.4, -0.2) is 12.1 Å². The summed E-state index contributed by atoms with van der Waals surface area (Å²) in [7, 11) is 0. The van der Waals surface area contributed by atoms with E-state index in [1.165, 1.54) is 0 Å². The Balaban J connectivity index is 2.70. The van der Waals surface area contributed by atoms with Gasteiger partial charge in [0.05, 0.1) is 5.92 Å². The highest BCUT2D eigenvalue weighted by Gasteiger charge is 2.51. The first kappa shape index (κ1) is 13.7. The Morgan fingerprint density at radius 1 is 1.19 bits per heavy atom. The molecule has 0 aromatic heterocycles. The summed E-state index contributed by atoms with van der Waals surface area (Å²) in [6, 6.07) is 0. The van der Waals surface area contributed by atoms with E-state index in [0.717, 1.165) is 0 Å². The third-order valence-corrected chi connectivity index (χ3v) is 3.02. The zero-order chi connectivity index (χ0) is 12.6. The third kappa shape index (κ3) is 3.91. The fraction of sp³-hybridized carbons (Fsp3) is 1.00. The molecule has 0 nitrogen and oxygen atoms in total. The van der Waals surface area contributed by atoms with Gasteiger partial charge in [0, 0.05) is 12.8 Å². The Hall–Kier alpha value is -0.350. The average Bonchev–Trinajstić information content (AvgIpc) is 1.97. The lowest BCUT2D eigenvalue weighted by Gasteiger charge is -2.36. The van der Waals surface area contributed by atoms with Gasteiger partial charge in [0.25, 0.3) is 0 Å². The second-order valence-corrected chi connectivity index (χ2v) is 5.23. The van der Waals surface area contributed by atoms with E-state index in [1.807, 2.05) is 13.8 Å². The zero-order valence-corrected chi connectivity index (χ0v) is 9.45. The zero-order valence-electron chi connectivity index (χ0n) is 9.45. The maximum absolute atomic E-state index is 13.2. The lowest BCUT2D eigenvalue weighted by atomic mass is 9.75. The molecule has 0 radical (unpaired) electrons. The highest BCUT2D eigenvalue weighted by atomic mass is 19.4. The maximum Gasteiger partial charge on any atom is 0.392 e. The maximum atomic E-state index is 13.2. The van der Waals surface area contributed by atoms with Gasteiger partial charge < -0.3 is 0 Å². The van der Waals surface area contributed by atoms with Crippen molar-refractivity contribution in [2.75, 3.05) is 0 Å². The van der Waals surface area contributed by atoms with Crippen molar-refractivity contribution in [1.29, 1.82) is 0 Å². The number of halogens is 5. The quantitative estimate of drug-likeness (QED) is 0.620. The van der Waals surface area contributed by atoms with Gasteiger partial charge in [0.1, 0.15) is 0 Å². The summed E-state index contributed by atoms with van der Waals surface area (Å²) in [5.74, 6) is -5.33. The lowest BCUT2D eigenvalue weighted by Crippen LogP contribution is -2.38. The van der Waals surface area contributed by atoms with Crippen LogP contribution < -0.4 is 0 Å². The van der Waals surface area contributed by atoms with Crippen molar-refractivity contribution < 1.29 is 22.0 Å². The predicted molar refractivity (Wildman–Crippen MR) is 51.3 cm³/mol. The number of rotatable bonds is 2. The summed E-state index contributed by atoms with van der Waals surface area (Å²) in [5, 5.41) is 0. The van der Waals surface area contributed by atoms with E-state index in [9.17, 15) is 22.0 Å². The molecule has 0 bridgehead atoms. The van der Waals surface area contributed by atoms with Gasteiger partial charge in [-0.25, -0.2) is 8.78 Å². The number of hydrogen-bond donors (Lipinski definition) is 0. The minimum atomic E-state index is -4.49. The van der Waals surface area contributed by atoms with Gasteiger partial charge in [0.15, 0.2) is 0 Å². The molecular formula is C11H17F5. The molecule has 1 aliphatic rings. The fourth-order valence-electron chi connectivity index (χ4n) is 2.53. The van der Waals surface area contributed by atoms with Crippen LogP contribution in [0.3, 0.4) is 0 Å². The summed E-state index contributed by atoms with van der Waals surface area (Å²) in [6.07, 6.45) is -5.61. The van der Waals surface area contributed by atoms with E-state index in [0.29, 0.717) is 6.42 Å². The van der Waals surface area contributed by atoms with E-state index in [4.69, 9.17) is 0 Å². The molecule has 96 valence electrons. The van der Waals surface area contributed by atoms with Gasteiger partial charge in [-0.05, 0) is 24.7 Å². The van der Waals surface area contributed by atoms with Crippen molar-refractivity contribution in [2.24, 2.45) is 17.8 Å². The first-order chi connectivity index (χ1) is 7.10. The van der Waals surface area contributed by atoms with Crippen LogP contribution in [0.2, 0.25) is 0 Å². The van der Waals surface area contributed by atoms with Gasteiger partial charge in [0.2, 0.25) is 5.92 Å². The molecule has 0 aromatic carbocycles. The summed E-state index contributed by atoms with van der Waals surface area (Å²) in [4.78, 5) is 0. The van der Waals surface area contributed by atoms with Crippen molar-refractivity contribution in [3.63, 3.8) is 0 Å². The monoisotopic (exact) mass is 244 g/mol. The fourth-order valence-corrected chi connectivity index (χ4v) is 2.53. The standard InChI is InChI=1S/C11H17F5/c1-7(2)3-8-4-9(11(14,15)16)6-10(12,13)5-8/h7-9H,3-6H2,1-2H3/t8-,9-/m1/s1. The van der Waals surface area contributed by atoms with Crippen LogP contribution in [0.1, 0.15) is 39.5 Å². The molecule has 2 atom stereocenters. The minimum Gasteiger partial charge on any atom is -0.207 e. The minimum absolute atomic E-state index is 0.142. The molecule has 1 fully saturated rings. The molecule has 1 rings (SSSR count). The van der Waals surface area contributed by atoms with Crippen molar-refractivity contribution in [3.05, 3.63) is 0 Å². The second-order valence-electron chi connectivity index (χ2n) is 5.23. The van der Waals surface area contributed by atoms with Crippen LogP contribution in [0.25, 0.3) is 0 Å². The molecule has 16 heavy (non-hydrogen) atoms. The number of alkyl halides is 5. The molecule has 0 aliphatic heterocycles. The van der Waals surface area contributed by atoms with E-state index in [-0.39, 0.29) is 12.3 Å². The Morgan fingerprint density at radius 2 is 1.75 bits per heavy atom. The molecule has 1 aliphatic carbocycles. The van der Waals surface area contributed by atoms with Gasteiger partial charge in [-0.2, -0.15) is 13.2 Å². The molecule has 0 aromatic rings. The summed E-state index contributed by atoms with van der Waals surface area (Å²) in [6.45, 7) is 3.69. The smallest absolute Gasteiger partial charge is 0.207 e. The van der Waals surface area contributed by atoms with Crippen LogP contribution in [0.4, 0.5) is 22.0 Å². The molecule has 0 spiro atoms. The SMILES string of the molecule is CC(C)C[C@@H]1C[C@@H](C(F)(F)F)CC(F)(F)C1. The van der Waals surface area contributed by atoms with Gasteiger partial charge in [-0.1, -0.05) is 13.8 Å². The van der Waals surface area contributed by atoms with E-state index < -0.39 is 36.8 Å². The molecular weight excluding hydrogens is 227 g/mol. The van der Waals surface area contributed by atoms with Gasteiger partial charge >= 0.3 is 6.18 Å². The van der Waals surface area contributed by atoms with Crippen LogP contribution in [0.5, 0.6) is 0 Å². The summed E-state index contributed by atoms with van der Waals surface area (Å²) in [5.41, 5.74) is 0. The van der Waals surface area contributed by atoms with Crippen molar-refractivity contribution in [2.45, 2.75) is 51.6 Å². The van der Waals surface area contributed by atoms with Crippen molar-refractivity contribution in [3.8, 4) is 0 Å². The largest absolute Gasteiger partial charge is 0.392 e. The Labute approximate surface area is 92.2 Å². The van der Waals surface area contributed by atoms with Crippen LogP contribution in [-0.2, 0) is 0 Å². The molecule has 0 N–H and O–H groups in total. The Morgan fingerprint density at radius 3 is 2.19 bits per heavy atom. The summed E-state index contributed by atoms with van der Waals surface area (Å²) >= 11 is 0. The first-order valence-corrected chi connectivity index (χ1v) is 5.54. The molecule has 0 unspecified atom stereocenters. The van der Waals surface area contributed by atoms with E-state index >= 15 is 0 Å². The molecule has 1 saturated carbocycles. The molecule has 0 heterocycles. The Kier molecular flexibility index (Phi) is 3.85. The average molecular weight is 244 g/mol. The number of hydrogen-bond acceptors (Lipinski definition) is 0.